The molecule has 0 aliphatic carbocycles. The Hall–Kier alpha value is -0.900. The van der Waals surface area contributed by atoms with Crippen LogP contribution < -0.4 is 5.73 Å². The number of nitrogens with two attached hydrogens (primary N) is 1. The summed E-state index contributed by atoms with van der Waals surface area (Å²) in [5.41, 5.74) is 6.09. The maximum Gasteiger partial charge on any atom is 0.277 e. The van der Waals surface area contributed by atoms with Crippen molar-refractivity contribution in [3.63, 3.8) is 0 Å². The van der Waals surface area contributed by atoms with Crippen LogP contribution in [0, 0.1) is 6.92 Å². The van der Waals surface area contributed by atoms with Crippen molar-refractivity contribution in [3.05, 3.63) is 15.6 Å². The first kappa shape index (κ1) is 10.2. The van der Waals surface area contributed by atoms with Crippen LogP contribution in [0.4, 0.5) is 0 Å². The number of rotatable bonds is 1. The monoisotopic (exact) mass is 198 g/mol. The average Bonchev–Trinajstić information content (AvgIpc) is 2.29. The van der Waals surface area contributed by atoms with Crippen LogP contribution in [-0.2, 0) is 5.41 Å². The number of thiazole rings is 1. The summed E-state index contributed by atoms with van der Waals surface area (Å²) in [7, 11) is 0. The van der Waals surface area contributed by atoms with Gasteiger partial charge in [-0.1, -0.05) is 20.8 Å². The van der Waals surface area contributed by atoms with E-state index in [0.717, 1.165) is 10.6 Å². The Morgan fingerprint density at radius 3 is 2.23 bits per heavy atom. The fourth-order valence-corrected chi connectivity index (χ4v) is 2.17. The number of hydrogen-bond donors (Lipinski definition) is 1. The fraction of sp³-hybridized carbons (Fsp3) is 0.556. The highest BCUT2D eigenvalue weighted by molar-refractivity contribution is 7.13. The smallest absolute Gasteiger partial charge is 0.277 e. The number of aromatic nitrogens is 1. The molecule has 0 aromatic carbocycles. The number of carbonyl (C=O) groups is 1. The second-order valence-corrected chi connectivity index (χ2v) is 5.05. The predicted molar refractivity (Wildman–Crippen MR) is 54.1 cm³/mol. The number of primary amides is 1. The summed E-state index contributed by atoms with van der Waals surface area (Å²) in [6.07, 6.45) is 0. The van der Waals surface area contributed by atoms with Crippen molar-refractivity contribution in [2.45, 2.75) is 33.1 Å². The molecule has 0 saturated heterocycles. The maximum absolute atomic E-state index is 10.9. The van der Waals surface area contributed by atoms with E-state index < -0.39 is 5.91 Å². The molecule has 2 N–H and O–H groups in total. The van der Waals surface area contributed by atoms with E-state index in [1.54, 1.807) is 0 Å². The lowest BCUT2D eigenvalue weighted by Crippen LogP contribution is -2.10. The highest BCUT2D eigenvalue weighted by Gasteiger charge is 2.22. The zero-order valence-corrected chi connectivity index (χ0v) is 9.16. The van der Waals surface area contributed by atoms with Gasteiger partial charge in [-0.05, 0) is 12.3 Å². The zero-order chi connectivity index (χ0) is 10.2. The van der Waals surface area contributed by atoms with Crippen LogP contribution >= 0.6 is 11.3 Å². The molecule has 0 aliphatic heterocycles. The van der Waals surface area contributed by atoms with Gasteiger partial charge in [-0.25, -0.2) is 4.98 Å². The third-order valence-electron chi connectivity index (χ3n) is 1.69. The number of nitrogens with zero attached hydrogens (tertiary/aromatic N) is 1. The van der Waals surface area contributed by atoms with E-state index in [2.05, 4.69) is 25.8 Å². The Morgan fingerprint density at radius 1 is 1.46 bits per heavy atom. The largest absolute Gasteiger partial charge is 0.364 e. The molecule has 72 valence electrons. The summed E-state index contributed by atoms with van der Waals surface area (Å²) in [5, 5.41) is 0.405. The summed E-state index contributed by atoms with van der Waals surface area (Å²) in [4.78, 5) is 16.1. The van der Waals surface area contributed by atoms with Gasteiger partial charge in [-0.3, -0.25) is 4.79 Å². The van der Waals surface area contributed by atoms with E-state index in [4.69, 9.17) is 5.73 Å². The van der Waals surface area contributed by atoms with Gasteiger partial charge in [-0.15, -0.1) is 11.3 Å². The summed E-state index contributed by atoms with van der Waals surface area (Å²) >= 11 is 1.39. The number of hydrogen-bond acceptors (Lipinski definition) is 3. The Morgan fingerprint density at radius 2 is 2.00 bits per heavy atom. The Balaban J connectivity index is 3.18. The van der Waals surface area contributed by atoms with Crippen molar-refractivity contribution in [1.29, 1.82) is 0 Å². The molecule has 0 bridgehead atoms. The summed E-state index contributed by atoms with van der Waals surface area (Å²) in [6.45, 7) is 8.19. The van der Waals surface area contributed by atoms with Gasteiger partial charge >= 0.3 is 0 Å². The first-order valence-electron chi connectivity index (χ1n) is 4.10. The van der Waals surface area contributed by atoms with Crippen molar-refractivity contribution in [3.8, 4) is 0 Å². The molecule has 0 radical (unpaired) electrons. The Kier molecular flexibility index (Phi) is 2.43. The van der Waals surface area contributed by atoms with E-state index in [1.807, 2.05) is 6.92 Å². The van der Waals surface area contributed by atoms with E-state index in [1.165, 1.54) is 11.3 Å². The Labute approximate surface area is 82.0 Å². The highest BCUT2D eigenvalue weighted by Crippen LogP contribution is 2.30. The first-order chi connectivity index (χ1) is 5.82. The van der Waals surface area contributed by atoms with Crippen molar-refractivity contribution >= 4 is 17.2 Å². The molecule has 1 aromatic rings. The SMILES string of the molecule is Cc1nc(C(N)=O)sc1C(C)(C)C. The third kappa shape index (κ3) is 2.06. The van der Waals surface area contributed by atoms with Gasteiger partial charge in [0.2, 0.25) is 0 Å². The van der Waals surface area contributed by atoms with Crippen molar-refractivity contribution in [2.75, 3.05) is 0 Å². The molecule has 13 heavy (non-hydrogen) atoms. The molecular formula is C9H14N2OS. The lowest BCUT2D eigenvalue weighted by atomic mass is 9.94. The molecule has 0 fully saturated rings. The van der Waals surface area contributed by atoms with Crippen LogP contribution in [0.25, 0.3) is 0 Å². The molecule has 1 rings (SSSR count). The summed E-state index contributed by atoms with van der Waals surface area (Å²) < 4.78 is 0. The van der Waals surface area contributed by atoms with Crippen LogP contribution in [0.3, 0.4) is 0 Å². The van der Waals surface area contributed by atoms with Crippen LogP contribution in [0.15, 0.2) is 0 Å². The molecule has 0 saturated carbocycles. The molecular weight excluding hydrogens is 184 g/mol. The summed E-state index contributed by atoms with van der Waals surface area (Å²) in [5.74, 6) is -0.441. The summed E-state index contributed by atoms with van der Waals surface area (Å²) in [6, 6.07) is 0. The van der Waals surface area contributed by atoms with Gasteiger partial charge in [0.25, 0.3) is 5.91 Å². The van der Waals surface area contributed by atoms with Crippen LogP contribution in [0.1, 0.15) is 41.1 Å². The standard InChI is InChI=1S/C9H14N2OS/c1-5-6(9(2,3)4)13-8(11-5)7(10)12/h1-4H3,(H2,10,12). The van der Waals surface area contributed by atoms with Gasteiger partial charge in [0.1, 0.15) is 0 Å². The molecule has 1 amide bonds. The molecule has 3 nitrogen and oxygen atoms in total. The van der Waals surface area contributed by atoms with E-state index >= 15 is 0 Å². The van der Waals surface area contributed by atoms with Crippen LogP contribution in [0.2, 0.25) is 0 Å². The minimum absolute atomic E-state index is 0.0372. The second-order valence-electron chi connectivity index (χ2n) is 4.05. The lowest BCUT2D eigenvalue weighted by Gasteiger charge is -2.16. The van der Waals surface area contributed by atoms with E-state index in [-0.39, 0.29) is 5.41 Å². The van der Waals surface area contributed by atoms with E-state index in [0.29, 0.717) is 5.01 Å². The van der Waals surface area contributed by atoms with Gasteiger partial charge in [-0.2, -0.15) is 0 Å². The molecule has 1 aromatic heterocycles. The molecule has 4 heteroatoms. The van der Waals surface area contributed by atoms with Crippen molar-refractivity contribution in [1.82, 2.24) is 4.98 Å². The maximum atomic E-state index is 10.9. The molecule has 0 unspecified atom stereocenters. The topological polar surface area (TPSA) is 56.0 Å². The van der Waals surface area contributed by atoms with Crippen LogP contribution in [-0.4, -0.2) is 10.9 Å². The van der Waals surface area contributed by atoms with Crippen molar-refractivity contribution < 1.29 is 4.79 Å². The highest BCUT2D eigenvalue weighted by atomic mass is 32.1. The fourth-order valence-electron chi connectivity index (χ4n) is 1.20. The van der Waals surface area contributed by atoms with Gasteiger partial charge < -0.3 is 5.73 Å². The molecule has 1 heterocycles. The average molecular weight is 198 g/mol. The molecule has 0 atom stereocenters. The molecule has 0 aliphatic rings. The lowest BCUT2D eigenvalue weighted by molar-refractivity contribution is 0.1000. The minimum Gasteiger partial charge on any atom is -0.364 e. The van der Waals surface area contributed by atoms with Gasteiger partial charge in [0.15, 0.2) is 5.01 Å². The number of aryl methyl sites for hydroxylation is 1. The Bertz CT molecular complexity index is 336. The number of carbonyl (C=O) groups excluding carboxylic acids is 1. The van der Waals surface area contributed by atoms with E-state index in [9.17, 15) is 4.79 Å². The zero-order valence-electron chi connectivity index (χ0n) is 8.34. The molecule has 0 spiro atoms. The van der Waals surface area contributed by atoms with Crippen molar-refractivity contribution in [2.24, 2.45) is 5.73 Å². The minimum atomic E-state index is -0.441. The number of amides is 1. The normalized spacial score (nSPS) is 11.7. The third-order valence-corrected chi connectivity index (χ3v) is 3.29. The van der Waals surface area contributed by atoms with Crippen LogP contribution in [0.5, 0.6) is 0 Å². The van der Waals surface area contributed by atoms with Gasteiger partial charge in [0, 0.05) is 4.88 Å². The quantitative estimate of drug-likeness (QED) is 0.748. The second kappa shape index (κ2) is 3.10. The predicted octanol–water partition coefficient (Wildman–Crippen LogP) is 1.85. The first-order valence-corrected chi connectivity index (χ1v) is 4.91. The van der Waals surface area contributed by atoms with Gasteiger partial charge in [0.05, 0.1) is 5.69 Å².